The van der Waals surface area contributed by atoms with Crippen molar-refractivity contribution in [3.8, 4) is 0 Å². The quantitative estimate of drug-likeness (QED) is 0.0881. The van der Waals surface area contributed by atoms with Gasteiger partial charge in [-0.25, -0.2) is 0 Å². The van der Waals surface area contributed by atoms with Crippen LogP contribution in [0, 0.1) is 0 Å². The Hall–Kier alpha value is -1.82. The summed E-state index contributed by atoms with van der Waals surface area (Å²) in [6, 6.07) is -3.02. The molecule has 23 heteroatoms. The van der Waals surface area contributed by atoms with Crippen LogP contribution in [0.15, 0.2) is 0 Å². The Morgan fingerprint density at radius 3 is 1.33 bits per heavy atom. The van der Waals surface area contributed by atoms with Gasteiger partial charge in [0.2, 0.25) is 11.8 Å². The van der Waals surface area contributed by atoms with Crippen LogP contribution < -0.4 is 10.6 Å². The van der Waals surface area contributed by atoms with Gasteiger partial charge in [-0.1, -0.05) is 0 Å². The van der Waals surface area contributed by atoms with E-state index < -0.39 is 161 Å². The first kappa shape index (κ1) is 41.9. The molecule has 0 spiro atoms. The summed E-state index contributed by atoms with van der Waals surface area (Å²) in [7, 11) is 0. The van der Waals surface area contributed by atoms with Crippen molar-refractivity contribution in [1.82, 2.24) is 10.6 Å². The molecule has 4 aliphatic heterocycles. The zero-order valence-electron chi connectivity index (χ0n) is 27.4. The molecule has 296 valence electrons. The Balaban J connectivity index is 1.52. The first-order valence-electron chi connectivity index (χ1n) is 16.1. The van der Waals surface area contributed by atoms with Crippen molar-refractivity contribution in [3.63, 3.8) is 0 Å². The van der Waals surface area contributed by atoms with Crippen molar-refractivity contribution in [1.29, 1.82) is 0 Å². The smallest absolute Gasteiger partial charge is 0.217 e. The summed E-state index contributed by atoms with van der Waals surface area (Å²) in [5.41, 5.74) is 0. The number of nitrogens with one attached hydrogen (secondary N) is 2. The van der Waals surface area contributed by atoms with Crippen LogP contribution >= 0.6 is 0 Å². The number of hydrogen-bond donors (Lipinski definition) is 14. The van der Waals surface area contributed by atoms with Gasteiger partial charge in [-0.05, 0) is 0 Å². The maximum Gasteiger partial charge on any atom is 0.217 e. The Kier molecular flexibility index (Phi) is 14.8. The number of aliphatic hydroxyl groups excluding tert-OH is 12. The molecule has 23 nitrogen and oxygen atoms in total. The van der Waals surface area contributed by atoms with Crippen LogP contribution in [0.5, 0.6) is 0 Å². The molecule has 0 aliphatic carbocycles. The Bertz CT molecular complexity index is 1140. The predicted molar refractivity (Wildman–Crippen MR) is 157 cm³/mol. The second kappa shape index (κ2) is 18.0. The van der Waals surface area contributed by atoms with E-state index in [4.69, 9.17) is 33.2 Å². The molecular weight excluding hydrogens is 700 g/mol. The van der Waals surface area contributed by atoms with E-state index in [1.807, 2.05) is 0 Å². The van der Waals surface area contributed by atoms with E-state index in [0.29, 0.717) is 0 Å². The van der Waals surface area contributed by atoms with Gasteiger partial charge in [0.15, 0.2) is 25.2 Å². The van der Waals surface area contributed by atoms with E-state index in [2.05, 4.69) is 10.6 Å². The molecule has 2 amide bonds. The van der Waals surface area contributed by atoms with E-state index in [1.54, 1.807) is 0 Å². The maximum atomic E-state index is 12.2. The van der Waals surface area contributed by atoms with Crippen molar-refractivity contribution in [3.05, 3.63) is 0 Å². The van der Waals surface area contributed by atoms with Crippen LogP contribution in [0.25, 0.3) is 0 Å². The predicted octanol–water partition coefficient (Wildman–Crippen LogP) is -9.46. The molecular formula is C28H48N2O21. The van der Waals surface area contributed by atoms with Crippen molar-refractivity contribution in [2.24, 2.45) is 0 Å². The number of carbonyl (C=O) groups is 2. The van der Waals surface area contributed by atoms with E-state index in [1.165, 1.54) is 0 Å². The Labute approximate surface area is 289 Å². The topological polar surface area (TPSA) is 366 Å². The lowest BCUT2D eigenvalue weighted by Crippen LogP contribution is -2.70. The minimum atomic E-state index is -2.04. The van der Waals surface area contributed by atoms with Crippen LogP contribution in [0.3, 0.4) is 0 Å². The van der Waals surface area contributed by atoms with Crippen molar-refractivity contribution in [2.75, 3.05) is 26.4 Å². The summed E-state index contributed by atoms with van der Waals surface area (Å²) in [5, 5.41) is 129. The van der Waals surface area contributed by atoms with Crippen LogP contribution in [-0.2, 0) is 42.7 Å². The maximum absolute atomic E-state index is 12.2. The summed E-state index contributed by atoms with van der Waals surface area (Å²) in [6.07, 6.45) is -31.1. The lowest BCUT2D eigenvalue weighted by molar-refractivity contribution is -0.378. The van der Waals surface area contributed by atoms with E-state index in [0.717, 1.165) is 13.8 Å². The zero-order valence-corrected chi connectivity index (χ0v) is 27.4. The summed E-state index contributed by atoms with van der Waals surface area (Å²) >= 11 is 0. The van der Waals surface area contributed by atoms with Gasteiger partial charge >= 0.3 is 0 Å². The van der Waals surface area contributed by atoms with Gasteiger partial charge in [0.05, 0.1) is 26.4 Å². The standard InChI is InChI=1S/C28H48N2O21/c1-7(35)29-13-16(38)22(10(4-32)45-25(13)44)49-26-14(30-8(2)36)17(39)23(11(5-33)47-26)50-28-21(43)19(41)24(12(6-34)48-28)51-27-20(42)18(40)15(37)9(3-31)46-27/h9-28,31-34,37-44H,3-6H2,1-2H3,(H,29,35)(H,30,36)/t9-,10-,11-,12-,13-,14-,15-,16-,17-,18+,19-,20+,21+,22-,23-,24-,25-,26-,27+,28-/m1/s1. The van der Waals surface area contributed by atoms with Crippen LogP contribution in [0.1, 0.15) is 13.8 Å². The SMILES string of the molecule is CC(=O)N[C@@H]1[C@@H](O)[C@H](O[C@H]2O[C@H](CO)[C@@H](O[C@H]3O[C@H](CO)[C@@H](O[C@@H]4O[C@H](CO)[C@@H](O)[C@H](O)[C@@H]4O)[C@H](O)[C@@H]3O)[C@H](O)[C@H]2NC(C)=O)[C@@H](CO)O[C@H]1O. The van der Waals surface area contributed by atoms with Crippen molar-refractivity contribution in [2.45, 2.75) is 137 Å². The van der Waals surface area contributed by atoms with Gasteiger partial charge < -0.3 is 105 Å². The molecule has 0 aromatic rings. The van der Waals surface area contributed by atoms with Crippen molar-refractivity contribution < 1.29 is 104 Å². The highest BCUT2D eigenvalue weighted by Crippen LogP contribution is 2.34. The van der Waals surface area contributed by atoms with Crippen LogP contribution in [0.2, 0.25) is 0 Å². The van der Waals surface area contributed by atoms with Gasteiger partial charge in [-0.15, -0.1) is 0 Å². The number of ether oxygens (including phenoxy) is 7. The molecule has 4 rings (SSSR count). The Morgan fingerprint density at radius 2 is 0.843 bits per heavy atom. The highest BCUT2D eigenvalue weighted by molar-refractivity contribution is 5.73. The molecule has 20 atom stereocenters. The number of amides is 2. The second-order valence-corrected chi connectivity index (χ2v) is 12.6. The normalized spacial score (nSPS) is 47.8. The van der Waals surface area contributed by atoms with E-state index >= 15 is 0 Å². The summed E-state index contributed by atoms with van der Waals surface area (Å²) in [6.45, 7) is -1.25. The van der Waals surface area contributed by atoms with Crippen molar-refractivity contribution >= 4 is 11.8 Å². The molecule has 0 aromatic heterocycles. The highest BCUT2D eigenvalue weighted by Gasteiger charge is 2.55. The average molecular weight is 749 g/mol. The first-order chi connectivity index (χ1) is 24.1. The molecule has 14 N–H and O–H groups in total. The van der Waals surface area contributed by atoms with Gasteiger partial charge in [0, 0.05) is 13.8 Å². The molecule has 4 heterocycles. The summed E-state index contributed by atoms with van der Waals surface area (Å²) in [5.74, 6) is -1.39. The van der Waals surface area contributed by atoms with Crippen LogP contribution in [-0.4, -0.2) is 222 Å². The first-order valence-corrected chi connectivity index (χ1v) is 16.1. The molecule has 51 heavy (non-hydrogen) atoms. The largest absolute Gasteiger partial charge is 0.394 e. The third-order valence-electron chi connectivity index (χ3n) is 9.01. The molecule has 0 unspecified atom stereocenters. The third kappa shape index (κ3) is 9.11. The molecule has 4 fully saturated rings. The fraction of sp³-hybridized carbons (Fsp3) is 0.929. The monoisotopic (exact) mass is 748 g/mol. The number of carbonyl (C=O) groups excluding carboxylic acids is 2. The number of aliphatic hydroxyl groups is 12. The summed E-state index contributed by atoms with van der Waals surface area (Å²) in [4.78, 5) is 23.9. The average Bonchev–Trinajstić information content (AvgIpc) is 3.09. The molecule has 4 saturated heterocycles. The third-order valence-corrected chi connectivity index (χ3v) is 9.01. The van der Waals surface area contributed by atoms with E-state index in [-0.39, 0.29) is 0 Å². The fourth-order valence-electron chi connectivity index (χ4n) is 6.36. The molecule has 0 saturated carbocycles. The molecule has 4 aliphatic rings. The lowest BCUT2D eigenvalue weighted by atomic mass is 9.94. The summed E-state index contributed by atoms with van der Waals surface area (Å²) < 4.78 is 39.1. The minimum absolute atomic E-state index is 0.656. The highest BCUT2D eigenvalue weighted by atomic mass is 16.8. The molecule has 0 aromatic carbocycles. The number of hydrogen-bond acceptors (Lipinski definition) is 21. The Morgan fingerprint density at radius 1 is 0.471 bits per heavy atom. The van der Waals surface area contributed by atoms with Gasteiger partial charge in [-0.3, -0.25) is 9.59 Å². The lowest BCUT2D eigenvalue weighted by Gasteiger charge is -2.50. The molecule has 0 bridgehead atoms. The van der Waals surface area contributed by atoms with Gasteiger partial charge in [0.25, 0.3) is 0 Å². The van der Waals surface area contributed by atoms with Gasteiger partial charge in [-0.2, -0.15) is 0 Å². The minimum Gasteiger partial charge on any atom is -0.394 e. The second-order valence-electron chi connectivity index (χ2n) is 12.6. The van der Waals surface area contributed by atoms with Crippen LogP contribution in [0.4, 0.5) is 0 Å². The van der Waals surface area contributed by atoms with Gasteiger partial charge in [0.1, 0.15) is 97.5 Å². The molecule has 0 radical (unpaired) electrons. The zero-order chi connectivity index (χ0) is 37.9. The van der Waals surface area contributed by atoms with E-state index in [9.17, 15) is 70.9 Å². The fourth-order valence-corrected chi connectivity index (χ4v) is 6.36. The number of rotatable bonds is 12.